The molecule has 0 spiro atoms. The number of hydrogen-bond donors (Lipinski definition) is 2. The van der Waals surface area contributed by atoms with Crippen LogP contribution in [0.25, 0.3) is 10.1 Å². The van der Waals surface area contributed by atoms with Crippen molar-refractivity contribution in [3.8, 4) is 0 Å². The molecule has 1 amide bonds. The lowest BCUT2D eigenvalue weighted by Gasteiger charge is -2.16. The number of rotatable bonds is 3. The number of carbonyl (C=O) groups is 1. The molecule has 1 aromatic carbocycles. The topological polar surface area (TPSA) is 55.1 Å². The Morgan fingerprint density at radius 2 is 2.15 bits per heavy atom. The summed E-state index contributed by atoms with van der Waals surface area (Å²) < 4.78 is 1.16. The summed E-state index contributed by atoms with van der Waals surface area (Å²) in [4.78, 5) is 12.4. The van der Waals surface area contributed by atoms with Gasteiger partial charge in [0, 0.05) is 10.7 Å². The Hall–Kier alpha value is -1.39. The van der Waals surface area contributed by atoms with Crippen LogP contribution in [-0.4, -0.2) is 18.5 Å². The molecule has 0 radical (unpaired) electrons. The first-order valence-corrected chi connectivity index (χ1v) is 8.11. The smallest absolute Gasteiger partial charge is 0.259 e. The molecule has 106 valence electrons. The van der Waals surface area contributed by atoms with Gasteiger partial charge in [0.05, 0.1) is 4.88 Å². The summed E-state index contributed by atoms with van der Waals surface area (Å²) >= 11 is 1.52. The van der Waals surface area contributed by atoms with Crippen molar-refractivity contribution in [2.75, 3.05) is 6.54 Å². The van der Waals surface area contributed by atoms with Gasteiger partial charge >= 0.3 is 0 Å². The van der Waals surface area contributed by atoms with Crippen LogP contribution in [0.1, 0.15) is 40.9 Å². The zero-order valence-electron chi connectivity index (χ0n) is 11.5. The number of nitrogens with one attached hydrogen (secondary N) is 1. The van der Waals surface area contributed by atoms with E-state index in [-0.39, 0.29) is 5.91 Å². The van der Waals surface area contributed by atoms with Crippen LogP contribution in [-0.2, 0) is 6.42 Å². The Labute approximate surface area is 123 Å². The second-order valence-corrected chi connectivity index (χ2v) is 6.53. The SMILES string of the molecule is NC(=O)c1sc2ccccc2c1C[C@@H]1CCCCCN1. The van der Waals surface area contributed by atoms with Crippen LogP contribution < -0.4 is 11.1 Å². The van der Waals surface area contributed by atoms with E-state index >= 15 is 0 Å². The van der Waals surface area contributed by atoms with Gasteiger partial charge in [0.25, 0.3) is 5.91 Å². The molecule has 0 bridgehead atoms. The first kappa shape index (κ1) is 13.6. The van der Waals surface area contributed by atoms with Crippen LogP contribution in [0.4, 0.5) is 0 Å². The number of primary amides is 1. The Bertz CT molecular complexity index is 612. The molecule has 1 aromatic heterocycles. The van der Waals surface area contributed by atoms with Crippen LogP contribution in [0, 0.1) is 0 Å². The number of nitrogens with two attached hydrogens (primary N) is 1. The van der Waals surface area contributed by atoms with Crippen molar-refractivity contribution in [2.45, 2.75) is 38.1 Å². The summed E-state index contributed by atoms with van der Waals surface area (Å²) in [5.41, 5.74) is 6.70. The van der Waals surface area contributed by atoms with Crippen molar-refractivity contribution in [3.63, 3.8) is 0 Å². The summed E-state index contributed by atoms with van der Waals surface area (Å²) in [6.07, 6.45) is 5.91. The third kappa shape index (κ3) is 2.72. The number of fused-ring (bicyclic) bond motifs is 1. The van der Waals surface area contributed by atoms with E-state index in [2.05, 4.69) is 17.4 Å². The second kappa shape index (κ2) is 5.94. The predicted molar refractivity (Wildman–Crippen MR) is 84.3 cm³/mol. The minimum Gasteiger partial charge on any atom is -0.365 e. The number of hydrogen-bond acceptors (Lipinski definition) is 3. The molecule has 4 heteroatoms. The van der Waals surface area contributed by atoms with Gasteiger partial charge in [0.2, 0.25) is 0 Å². The predicted octanol–water partition coefficient (Wildman–Crippen LogP) is 3.07. The molecule has 1 saturated heterocycles. The lowest BCUT2D eigenvalue weighted by molar-refractivity contribution is 0.100. The van der Waals surface area contributed by atoms with E-state index in [0.717, 1.165) is 28.1 Å². The fourth-order valence-electron chi connectivity index (χ4n) is 3.02. The van der Waals surface area contributed by atoms with E-state index in [9.17, 15) is 4.79 Å². The summed E-state index contributed by atoms with van der Waals surface area (Å²) in [5.74, 6) is -0.296. The molecule has 20 heavy (non-hydrogen) atoms. The van der Waals surface area contributed by atoms with E-state index in [4.69, 9.17) is 5.73 Å². The van der Waals surface area contributed by atoms with Crippen molar-refractivity contribution in [1.29, 1.82) is 0 Å². The van der Waals surface area contributed by atoms with E-state index in [1.54, 1.807) is 0 Å². The number of amides is 1. The third-order valence-electron chi connectivity index (χ3n) is 4.03. The Balaban J connectivity index is 1.95. The van der Waals surface area contributed by atoms with Crippen LogP contribution in [0.3, 0.4) is 0 Å². The van der Waals surface area contributed by atoms with Gasteiger partial charge in [0.1, 0.15) is 0 Å². The minimum absolute atomic E-state index is 0.296. The molecule has 1 aliphatic rings. The van der Waals surface area contributed by atoms with Crippen molar-refractivity contribution >= 4 is 27.3 Å². The highest BCUT2D eigenvalue weighted by atomic mass is 32.1. The molecule has 1 atom stereocenters. The van der Waals surface area contributed by atoms with Gasteiger partial charge in [-0.25, -0.2) is 0 Å². The molecule has 0 unspecified atom stereocenters. The second-order valence-electron chi connectivity index (χ2n) is 5.47. The van der Waals surface area contributed by atoms with E-state index < -0.39 is 0 Å². The number of thiophene rings is 1. The molecule has 1 aliphatic heterocycles. The first-order chi connectivity index (χ1) is 9.75. The molecular formula is C16H20N2OS. The minimum atomic E-state index is -0.296. The first-order valence-electron chi connectivity index (χ1n) is 7.29. The Morgan fingerprint density at radius 1 is 1.30 bits per heavy atom. The van der Waals surface area contributed by atoms with Crippen molar-refractivity contribution in [3.05, 3.63) is 34.7 Å². The molecular weight excluding hydrogens is 268 g/mol. The quantitative estimate of drug-likeness (QED) is 0.912. The van der Waals surface area contributed by atoms with E-state index in [1.807, 2.05) is 12.1 Å². The Kier molecular flexibility index (Phi) is 4.03. The fourth-order valence-corrected chi connectivity index (χ4v) is 4.11. The van der Waals surface area contributed by atoms with Crippen LogP contribution in [0.15, 0.2) is 24.3 Å². The molecule has 0 aliphatic carbocycles. The molecule has 3 rings (SSSR count). The number of carbonyl (C=O) groups excluding carboxylic acids is 1. The maximum absolute atomic E-state index is 11.7. The molecule has 0 saturated carbocycles. The highest BCUT2D eigenvalue weighted by Crippen LogP contribution is 2.32. The van der Waals surface area contributed by atoms with Gasteiger partial charge in [-0.2, -0.15) is 0 Å². The van der Waals surface area contributed by atoms with Gasteiger partial charge < -0.3 is 11.1 Å². The van der Waals surface area contributed by atoms with Gasteiger partial charge in [-0.15, -0.1) is 11.3 Å². The highest BCUT2D eigenvalue weighted by molar-refractivity contribution is 7.21. The van der Waals surface area contributed by atoms with Crippen molar-refractivity contribution in [2.24, 2.45) is 5.73 Å². The van der Waals surface area contributed by atoms with Crippen LogP contribution >= 0.6 is 11.3 Å². The fraction of sp³-hybridized carbons (Fsp3) is 0.438. The highest BCUT2D eigenvalue weighted by Gasteiger charge is 2.20. The van der Waals surface area contributed by atoms with Gasteiger partial charge in [-0.3, -0.25) is 4.79 Å². The standard InChI is InChI=1S/C16H20N2OS/c17-16(19)15-13(10-11-6-2-1-5-9-18-11)12-7-3-4-8-14(12)20-15/h3-4,7-8,11,18H,1-2,5-6,9-10H2,(H2,17,19)/t11-/m0/s1. The summed E-state index contributed by atoms with van der Waals surface area (Å²) in [6.45, 7) is 1.08. The van der Waals surface area contributed by atoms with Gasteiger partial charge in [-0.05, 0) is 42.8 Å². The summed E-state index contributed by atoms with van der Waals surface area (Å²) in [7, 11) is 0. The van der Waals surface area contributed by atoms with E-state index in [1.165, 1.54) is 42.4 Å². The number of benzene rings is 1. The monoisotopic (exact) mass is 288 g/mol. The maximum atomic E-state index is 11.7. The third-order valence-corrected chi connectivity index (χ3v) is 5.26. The largest absolute Gasteiger partial charge is 0.365 e. The van der Waals surface area contributed by atoms with Crippen LogP contribution in [0.2, 0.25) is 0 Å². The summed E-state index contributed by atoms with van der Waals surface area (Å²) in [5, 5.41) is 4.80. The van der Waals surface area contributed by atoms with Crippen molar-refractivity contribution < 1.29 is 4.79 Å². The molecule has 1 fully saturated rings. The normalized spacial score (nSPS) is 19.9. The molecule has 3 N–H and O–H groups in total. The average Bonchev–Trinajstić information content (AvgIpc) is 2.62. The van der Waals surface area contributed by atoms with Crippen molar-refractivity contribution in [1.82, 2.24) is 5.32 Å². The molecule has 3 nitrogen and oxygen atoms in total. The van der Waals surface area contributed by atoms with Gasteiger partial charge in [0.15, 0.2) is 0 Å². The lowest BCUT2D eigenvalue weighted by atomic mass is 9.99. The van der Waals surface area contributed by atoms with Gasteiger partial charge in [-0.1, -0.05) is 31.0 Å². The zero-order valence-corrected chi connectivity index (χ0v) is 12.3. The Morgan fingerprint density at radius 3 is 3.00 bits per heavy atom. The zero-order chi connectivity index (χ0) is 13.9. The average molecular weight is 288 g/mol. The summed E-state index contributed by atoms with van der Waals surface area (Å²) in [6, 6.07) is 8.68. The maximum Gasteiger partial charge on any atom is 0.259 e. The molecule has 2 heterocycles. The lowest BCUT2D eigenvalue weighted by Crippen LogP contribution is -2.30. The molecule has 2 aromatic rings. The van der Waals surface area contributed by atoms with E-state index in [0.29, 0.717) is 6.04 Å². The van der Waals surface area contributed by atoms with Crippen LogP contribution in [0.5, 0.6) is 0 Å².